The van der Waals surface area contributed by atoms with Gasteiger partial charge in [0.15, 0.2) is 11.5 Å². The Kier molecular flexibility index (Phi) is 7.20. The minimum absolute atomic E-state index is 0.0524. The summed E-state index contributed by atoms with van der Waals surface area (Å²) in [5.74, 6) is 1.21. The van der Waals surface area contributed by atoms with Crippen LogP contribution < -0.4 is 19.5 Å². The van der Waals surface area contributed by atoms with Crippen molar-refractivity contribution in [1.29, 1.82) is 0 Å². The van der Waals surface area contributed by atoms with Crippen LogP contribution in [-0.2, 0) is 14.8 Å². The quantitative estimate of drug-likeness (QED) is 0.645. The molecule has 0 spiro atoms. The third kappa shape index (κ3) is 5.48. The molecule has 0 aromatic heterocycles. The Bertz CT molecular complexity index is 1140. The van der Waals surface area contributed by atoms with Gasteiger partial charge in [-0.1, -0.05) is 12.5 Å². The van der Waals surface area contributed by atoms with Gasteiger partial charge in [-0.05, 0) is 54.8 Å². The number of carbonyl (C=O) groups is 1. The molecule has 4 rings (SSSR count). The number of hydrogen-bond donors (Lipinski definition) is 1. The van der Waals surface area contributed by atoms with Gasteiger partial charge in [-0.25, -0.2) is 8.42 Å². The molecule has 33 heavy (non-hydrogen) atoms. The molecule has 2 aromatic rings. The highest BCUT2D eigenvalue weighted by molar-refractivity contribution is 7.89. The van der Waals surface area contributed by atoms with Crippen LogP contribution in [0.3, 0.4) is 0 Å². The molecule has 1 fully saturated rings. The molecule has 2 aliphatic heterocycles. The number of methoxy groups -OCH3 is 1. The number of carbonyl (C=O) groups excluding carboxylic acids is 1. The number of amides is 1. The molecule has 0 atom stereocenters. The summed E-state index contributed by atoms with van der Waals surface area (Å²) in [6.07, 6.45) is 6.57. The van der Waals surface area contributed by atoms with Gasteiger partial charge in [0.05, 0.1) is 20.3 Å². The predicted molar refractivity (Wildman–Crippen MR) is 125 cm³/mol. The average Bonchev–Trinajstić information content (AvgIpc) is 3.08. The van der Waals surface area contributed by atoms with E-state index in [1.807, 2.05) is 18.2 Å². The zero-order chi connectivity index (χ0) is 23.3. The lowest BCUT2D eigenvalue weighted by Crippen LogP contribution is -2.35. The fraction of sp³-hybridized carbons (Fsp3) is 0.375. The second-order valence-corrected chi connectivity index (χ2v) is 9.82. The highest BCUT2D eigenvalue weighted by atomic mass is 32.2. The van der Waals surface area contributed by atoms with Gasteiger partial charge in [-0.2, -0.15) is 4.31 Å². The standard InChI is InChI=1S/C24H28N2O6S/c1-30-21-10-8-19(17-23(21)33(28,29)26-12-3-2-4-13-26)25-24(27)11-7-18-6-9-20-22(16-18)32-15-5-14-31-20/h6-11,16-17H,2-5,12-15H2,1H3,(H,25,27)/b11-7+. The van der Waals surface area contributed by atoms with Gasteiger partial charge in [-0.3, -0.25) is 4.79 Å². The van der Waals surface area contributed by atoms with Gasteiger partial charge in [0, 0.05) is 31.3 Å². The van der Waals surface area contributed by atoms with Crippen LogP contribution in [0.25, 0.3) is 6.08 Å². The van der Waals surface area contributed by atoms with E-state index in [1.165, 1.54) is 23.6 Å². The Hall–Kier alpha value is -3.04. The van der Waals surface area contributed by atoms with Gasteiger partial charge in [0.1, 0.15) is 10.6 Å². The van der Waals surface area contributed by atoms with Crippen LogP contribution in [-0.4, -0.2) is 52.0 Å². The molecule has 2 aromatic carbocycles. The van der Waals surface area contributed by atoms with Gasteiger partial charge in [-0.15, -0.1) is 0 Å². The van der Waals surface area contributed by atoms with Gasteiger partial charge in [0.2, 0.25) is 15.9 Å². The number of nitrogens with zero attached hydrogens (tertiary/aromatic N) is 1. The second kappa shape index (κ2) is 10.3. The second-order valence-electron chi connectivity index (χ2n) is 7.91. The van der Waals surface area contributed by atoms with Crippen molar-refractivity contribution in [2.45, 2.75) is 30.6 Å². The molecule has 9 heteroatoms. The van der Waals surface area contributed by atoms with Crippen molar-refractivity contribution in [1.82, 2.24) is 4.31 Å². The summed E-state index contributed by atoms with van der Waals surface area (Å²) < 4.78 is 44.4. The first-order valence-electron chi connectivity index (χ1n) is 11.0. The topological polar surface area (TPSA) is 94.2 Å². The number of benzene rings is 2. The number of fused-ring (bicyclic) bond motifs is 1. The first kappa shape index (κ1) is 23.1. The van der Waals surface area contributed by atoms with E-state index in [4.69, 9.17) is 14.2 Å². The molecule has 176 valence electrons. The zero-order valence-corrected chi connectivity index (χ0v) is 19.4. The Morgan fingerprint density at radius 1 is 1.00 bits per heavy atom. The molecule has 0 radical (unpaired) electrons. The fourth-order valence-electron chi connectivity index (χ4n) is 3.84. The lowest BCUT2D eigenvalue weighted by atomic mass is 10.2. The van der Waals surface area contributed by atoms with Crippen molar-refractivity contribution in [2.75, 3.05) is 38.7 Å². The summed E-state index contributed by atoms with van der Waals surface area (Å²) in [5.41, 5.74) is 1.16. The molecule has 2 heterocycles. The summed E-state index contributed by atoms with van der Waals surface area (Å²) in [6.45, 7) is 2.17. The maximum atomic E-state index is 13.2. The van der Waals surface area contributed by atoms with E-state index in [2.05, 4.69) is 5.32 Å². The first-order valence-corrected chi connectivity index (χ1v) is 12.5. The maximum absolute atomic E-state index is 13.2. The lowest BCUT2D eigenvalue weighted by molar-refractivity contribution is -0.111. The largest absolute Gasteiger partial charge is 0.495 e. The minimum Gasteiger partial charge on any atom is -0.495 e. The molecule has 8 nitrogen and oxygen atoms in total. The molecule has 1 amide bonds. The molecule has 0 saturated carbocycles. The summed E-state index contributed by atoms with van der Waals surface area (Å²) in [7, 11) is -2.29. The third-order valence-corrected chi connectivity index (χ3v) is 7.48. The van der Waals surface area contributed by atoms with Crippen LogP contribution in [0.2, 0.25) is 0 Å². The molecule has 1 saturated heterocycles. The minimum atomic E-state index is -3.72. The number of piperidine rings is 1. The van der Waals surface area contributed by atoms with Crippen molar-refractivity contribution in [2.24, 2.45) is 0 Å². The molecule has 2 aliphatic rings. The van der Waals surface area contributed by atoms with E-state index in [1.54, 1.807) is 18.2 Å². The summed E-state index contributed by atoms with van der Waals surface area (Å²) in [6, 6.07) is 10.1. The summed E-state index contributed by atoms with van der Waals surface area (Å²) >= 11 is 0. The van der Waals surface area contributed by atoms with E-state index in [-0.39, 0.29) is 16.6 Å². The van der Waals surface area contributed by atoms with Crippen LogP contribution in [0, 0.1) is 0 Å². The number of anilines is 1. The van der Waals surface area contributed by atoms with Crippen molar-refractivity contribution in [3.05, 3.63) is 48.0 Å². The third-order valence-electron chi connectivity index (χ3n) is 5.56. The monoisotopic (exact) mass is 472 g/mol. The summed E-state index contributed by atoms with van der Waals surface area (Å²) in [5, 5.41) is 2.73. The van der Waals surface area contributed by atoms with E-state index >= 15 is 0 Å². The molecule has 1 N–H and O–H groups in total. The van der Waals surface area contributed by atoms with Gasteiger partial charge < -0.3 is 19.5 Å². The Balaban J connectivity index is 1.49. The fourth-order valence-corrected chi connectivity index (χ4v) is 5.54. The number of nitrogens with one attached hydrogen (secondary N) is 1. The molecule has 0 aliphatic carbocycles. The Labute approximate surface area is 194 Å². The average molecular weight is 473 g/mol. The van der Waals surface area contributed by atoms with Crippen molar-refractivity contribution in [3.63, 3.8) is 0 Å². The van der Waals surface area contributed by atoms with Gasteiger partial charge >= 0.3 is 0 Å². The highest BCUT2D eigenvalue weighted by Gasteiger charge is 2.29. The number of rotatable bonds is 6. The van der Waals surface area contributed by atoms with Crippen LogP contribution >= 0.6 is 0 Å². The van der Waals surface area contributed by atoms with Crippen LogP contribution in [0.5, 0.6) is 17.2 Å². The van der Waals surface area contributed by atoms with Crippen LogP contribution in [0.15, 0.2) is 47.4 Å². The number of sulfonamides is 1. The first-order chi connectivity index (χ1) is 16.0. The Morgan fingerprint density at radius 3 is 2.52 bits per heavy atom. The number of ether oxygens (including phenoxy) is 3. The molecule has 0 unspecified atom stereocenters. The maximum Gasteiger partial charge on any atom is 0.248 e. The van der Waals surface area contributed by atoms with Crippen molar-refractivity contribution < 1.29 is 27.4 Å². The van der Waals surface area contributed by atoms with Crippen LogP contribution in [0.1, 0.15) is 31.2 Å². The molecular formula is C24H28N2O6S. The van der Waals surface area contributed by atoms with Crippen LogP contribution in [0.4, 0.5) is 5.69 Å². The van der Waals surface area contributed by atoms with E-state index in [0.717, 1.165) is 31.2 Å². The van der Waals surface area contributed by atoms with Crippen molar-refractivity contribution >= 4 is 27.7 Å². The highest BCUT2D eigenvalue weighted by Crippen LogP contribution is 2.32. The predicted octanol–water partition coefficient (Wildman–Crippen LogP) is 3.68. The van der Waals surface area contributed by atoms with Crippen molar-refractivity contribution in [3.8, 4) is 17.2 Å². The Morgan fingerprint density at radius 2 is 1.76 bits per heavy atom. The van der Waals surface area contributed by atoms with E-state index in [9.17, 15) is 13.2 Å². The molecular weight excluding hydrogens is 444 g/mol. The zero-order valence-electron chi connectivity index (χ0n) is 18.6. The van der Waals surface area contributed by atoms with E-state index in [0.29, 0.717) is 43.5 Å². The van der Waals surface area contributed by atoms with Gasteiger partial charge in [0.25, 0.3) is 0 Å². The lowest BCUT2D eigenvalue weighted by Gasteiger charge is -2.26. The summed E-state index contributed by atoms with van der Waals surface area (Å²) in [4.78, 5) is 12.6. The normalized spacial score (nSPS) is 16.9. The number of hydrogen-bond acceptors (Lipinski definition) is 6. The molecule has 0 bridgehead atoms. The smallest absolute Gasteiger partial charge is 0.248 e. The SMILES string of the molecule is COc1ccc(NC(=O)/C=C/c2ccc3c(c2)OCCCO3)cc1S(=O)(=O)N1CCCCC1. The van der Waals surface area contributed by atoms with E-state index < -0.39 is 10.0 Å².